The number of hydrogen-bond donors (Lipinski definition) is 3. The third kappa shape index (κ3) is 4.66. The lowest BCUT2D eigenvalue weighted by Gasteiger charge is -2.09. The van der Waals surface area contributed by atoms with E-state index in [4.69, 9.17) is 15.6 Å². The van der Waals surface area contributed by atoms with Crippen LogP contribution >= 0.6 is 0 Å². The maximum atomic E-state index is 11.2. The van der Waals surface area contributed by atoms with Gasteiger partial charge in [-0.1, -0.05) is 0 Å². The zero-order chi connectivity index (χ0) is 14.6. The summed E-state index contributed by atoms with van der Waals surface area (Å²) in [7, 11) is -3.76. The Morgan fingerprint density at radius 1 is 1.35 bits per heavy atom. The molecule has 0 heterocycles. The molecule has 1 aromatic carbocycles. The molecular weight excluding hydrogens is 278 g/mol. The van der Waals surface area contributed by atoms with Gasteiger partial charge in [0.2, 0.25) is 10.0 Å². The van der Waals surface area contributed by atoms with Crippen LogP contribution < -0.4 is 16.2 Å². The van der Waals surface area contributed by atoms with E-state index in [-0.39, 0.29) is 10.6 Å². The predicted octanol–water partition coefficient (Wildman–Crippen LogP) is 1.14. The van der Waals surface area contributed by atoms with Gasteiger partial charge in [0.25, 0.3) is 0 Å². The van der Waals surface area contributed by atoms with Gasteiger partial charge in [0, 0.05) is 25.4 Å². The topological polar surface area (TPSA) is 107 Å². The van der Waals surface area contributed by atoms with Crippen LogP contribution in [0.2, 0.25) is 0 Å². The fourth-order valence-corrected chi connectivity index (χ4v) is 2.50. The first-order valence-electron chi connectivity index (χ1n) is 6.71. The van der Waals surface area contributed by atoms with Crippen molar-refractivity contribution in [1.82, 2.24) is 0 Å². The highest BCUT2D eigenvalue weighted by atomic mass is 32.2. The fourth-order valence-electron chi connectivity index (χ4n) is 1.86. The standard InChI is InChI=1S/C13H21N3O3S/c14-12-8-11(4-5-13(12)20(15,17)18)16-6-1-7-19-9-10-2-3-10/h4-5,8,10,16H,1-3,6-7,9,14H2,(H2,15,17,18). The van der Waals surface area contributed by atoms with Crippen molar-refractivity contribution in [1.29, 1.82) is 0 Å². The summed E-state index contributed by atoms with van der Waals surface area (Å²) in [4.78, 5) is -0.0455. The Morgan fingerprint density at radius 2 is 2.10 bits per heavy atom. The molecule has 1 fully saturated rings. The highest BCUT2D eigenvalue weighted by Gasteiger charge is 2.20. The normalized spacial score (nSPS) is 15.2. The van der Waals surface area contributed by atoms with E-state index in [1.807, 2.05) is 0 Å². The summed E-state index contributed by atoms with van der Waals surface area (Å²) in [5.41, 5.74) is 6.61. The highest BCUT2D eigenvalue weighted by molar-refractivity contribution is 7.89. The van der Waals surface area contributed by atoms with Gasteiger partial charge in [0.05, 0.1) is 5.69 Å². The molecular formula is C13H21N3O3S. The summed E-state index contributed by atoms with van der Waals surface area (Å²) >= 11 is 0. The van der Waals surface area contributed by atoms with Crippen molar-refractivity contribution in [3.8, 4) is 0 Å². The largest absolute Gasteiger partial charge is 0.398 e. The quantitative estimate of drug-likeness (QED) is 0.493. The van der Waals surface area contributed by atoms with E-state index in [0.29, 0.717) is 0 Å². The van der Waals surface area contributed by atoms with Crippen molar-refractivity contribution in [3.05, 3.63) is 18.2 Å². The number of primary sulfonamides is 1. The SMILES string of the molecule is Nc1cc(NCCCOCC2CC2)ccc1S(N)(=O)=O. The number of anilines is 2. The number of nitrogens with two attached hydrogens (primary N) is 2. The summed E-state index contributed by atoms with van der Waals surface area (Å²) in [6.07, 6.45) is 3.49. The second-order valence-corrected chi connectivity index (χ2v) is 6.63. The first-order chi connectivity index (χ1) is 9.47. The van der Waals surface area contributed by atoms with Crippen LogP contribution in [0.3, 0.4) is 0 Å². The fraction of sp³-hybridized carbons (Fsp3) is 0.538. The molecule has 0 saturated heterocycles. The maximum absolute atomic E-state index is 11.2. The molecule has 0 aromatic heterocycles. The van der Waals surface area contributed by atoms with E-state index < -0.39 is 10.0 Å². The Labute approximate surface area is 119 Å². The number of ether oxygens (including phenoxy) is 1. The molecule has 0 amide bonds. The summed E-state index contributed by atoms with van der Waals surface area (Å²) in [5.74, 6) is 0.786. The molecule has 7 heteroatoms. The average molecular weight is 299 g/mol. The van der Waals surface area contributed by atoms with Gasteiger partial charge in [-0.3, -0.25) is 0 Å². The number of nitrogen functional groups attached to an aromatic ring is 1. The molecule has 0 spiro atoms. The minimum atomic E-state index is -3.76. The minimum Gasteiger partial charge on any atom is -0.398 e. The summed E-state index contributed by atoms with van der Waals surface area (Å²) in [6.45, 7) is 2.35. The molecule has 20 heavy (non-hydrogen) atoms. The lowest BCUT2D eigenvalue weighted by Crippen LogP contribution is -2.14. The molecule has 0 aliphatic heterocycles. The van der Waals surface area contributed by atoms with Crippen LogP contribution in [-0.2, 0) is 14.8 Å². The third-order valence-electron chi connectivity index (χ3n) is 3.16. The molecule has 1 aromatic rings. The van der Waals surface area contributed by atoms with Crippen molar-refractivity contribution in [2.24, 2.45) is 11.1 Å². The van der Waals surface area contributed by atoms with Gasteiger partial charge in [0.1, 0.15) is 4.90 Å². The van der Waals surface area contributed by atoms with E-state index in [1.54, 1.807) is 12.1 Å². The van der Waals surface area contributed by atoms with Gasteiger partial charge >= 0.3 is 0 Å². The Hall–Kier alpha value is -1.31. The maximum Gasteiger partial charge on any atom is 0.240 e. The Bertz CT molecular complexity index is 556. The second-order valence-electron chi connectivity index (χ2n) is 5.10. The lowest BCUT2D eigenvalue weighted by atomic mass is 10.2. The van der Waals surface area contributed by atoms with E-state index in [2.05, 4.69) is 5.32 Å². The van der Waals surface area contributed by atoms with Crippen molar-refractivity contribution in [2.75, 3.05) is 30.8 Å². The minimum absolute atomic E-state index is 0.0455. The Kier molecular flexibility index (Phi) is 4.85. The van der Waals surface area contributed by atoms with Crippen LogP contribution in [0.25, 0.3) is 0 Å². The van der Waals surface area contributed by atoms with Crippen LogP contribution in [0, 0.1) is 5.92 Å². The highest BCUT2D eigenvalue weighted by Crippen LogP contribution is 2.28. The summed E-state index contributed by atoms with van der Waals surface area (Å²) in [6, 6.07) is 4.64. The lowest BCUT2D eigenvalue weighted by molar-refractivity contribution is 0.124. The van der Waals surface area contributed by atoms with E-state index in [9.17, 15) is 8.42 Å². The van der Waals surface area contributed by atoms with Gasteiger partial charge in [-0.2, -0.15) is 0 Å². The molecule has 0 radical (unpaired) electrons. The number of hydrogen-bond acceptors (Lipinski definition) is 5. The van der Waals surface area contributed by atoms with Crippen molar-refractivity contribution in [3.63, 3.8) is 0 Å². The van der Waals surface area contributed by atoms with Crippen molar-refractivity contribution in [2.45, 2.75) is 24.2 Å². The summed E-state index contributed by atoms with van der Waals surface area (Å²) < 4.78 is 28.0. The zero-order valence-corrected chi connectivity index (χ0v) is 12.2. The second kappa shape index (κ2) is 6.43. The predicted molar refractivity (Wildman–Crippen MR) is 78.9 cm³/mol. The smallest absolute Gasteiger partial charge is 0.240 e. The zero-order valence-electron chi connectivity index (χ0n) is 11.3. The van der Waals surface area contributed by atoms with Crippen LogP contribution in [0.4, 0.5) is 11.4 Å². The van der Waals surface area contributed by atoms with Gasteiger partial charge < -0.3 is 15.8 Å². The number of benzene rings is 1. The molecule has 0 unspecified atom stereocenters. The van der Waals surface area contributed by atoms with Crippen LogP contribution in [-0.4, -0.2) is 28.2 Å². The molecule has 6 nitrogen and oxygen atoms in total. The van der Waals surface area contributed by atoms with Gasteiger partial charge in [-0.15, -0.1) is 0 Å². The van der Waals surface area contributed by atoms with Gasteiger partial charge in [0.15, 0.2) is 0 Å². The Morgan fingerprint density at radius 3 is 2.70 bits per heavy atom. The van der Waals surface area contributed by atoms with E-state index >= 15 is 0 Å². The first-order valence-corrected chi connectivity index (χ1v) is 8.25. The molecule has 0 atom stereocenters. The van der Waals surface area contributed by atoms with Crippen LogP contribution in [0.15, 0.2) is 23.1 Å². The molecule has 0 bridgehead atoms. The molecule has 1 saturated carbocycles. The monoisotopic (exact) mass is 299 g/mol. The number of nitrogens with one attached hydrogen (secondary N) is 1. The van der Waals surface area contributed by atoms with Crippen molar-refractivity contribution < 1.29 is 13.2 Å². The van der Waals surface area contributed by atoms with Crippen LogP contribution in [0.1, 0.15) is 19.3 Å². The van der Waals surface area contributed by atoms with E-state index in [1.165, 1.54) is 18.9 Å². The number of sulfonamides is 1. The van der Waals surface area contributed by atoms with Crippen LogP contribution in [0.5, 0.6) is 0 Å². The molecule has 5 N–H and O–H groups in total. The third-order valence-corrected chi connectivity index (χ3v) is 4.15. The molecule has 1 aliphatic carbocycles. The Balaban J connectivity index is 1.74. The van der Waals surface area contributed by atoms with Gasteiger partial charge in [-0.25, -0.2) is 13.6 Å². The van der Waals surface area contributed by atoms with E-state index in [0.717, 1.165) is 37.8 Å². The molecule has 2 rings (SSSR count). The van der Waals surface area contributed by atoms with Crippen molar-refractivity contribution >= 4 is 21.4 Å². The van der Waals surface area contributed by atoms with Gasteiger partial charge in [-0.05, 0) is 43.4 Å². The molecule has 1 aliphatic rings. The average Bonchev–Trinajstić information content (AvgIpc) is 3.16. The summed E-state index contributed by atoms with van der Waals surface area (Å²) in [5, 5.41) is 8.22. The first kappa shape index (κ1) is 15.1. The molecule has 112 valence electrons. The number of rotatable bonds is 8.